The van der Waals surface area contributed by atoms with E-state index in [-0.39, 0.29) is 17.5 Å². The van der Waals surface area contributed by atoms with Gasteiger partial charge in [0.2, 0.25) is 0 Å². The number of ether oxygens (including phenoxy) is 1. The Morgan fingerprint density at radius 3 is 2.95 bits per heavy atom. The Labute approximate surface area is 112 Å². The number of nitrogen functional groups attached to an aromatic ring is 1. The van der Waals surface area contributed by atoms with E-state index in [0.29, 0.717) is 19.2 Å². The van der Waals surface area contributed by atoms with Crippen molar-refractivity contribution in [2.24, 2.45) is 0 Å². The molecule has 2 N–H and O–H groups in total. The van der Waals surface area contributed by atoms with Crippen molar-refractivity contribution in [3.05, 3.63) is 33.9 Å². The van der Waals surface area contributed by atoms with E-state index in [9.17, 15) is 10.1 Å². The predicted octanol–water partition coefficient (Wildman–Crippen LogP) is 1.79. The van der Waals surface area contributed by atoms with Crippen LogP contribution in [0.2, 0.25) is 0 Å². The number of rotatable bonds is 3. The topological polar surface area (TPSA) is 81.6 Å². The quantitative estimate of drug-likeness (QED) is 0.512. The average molecular weight is 265 g/mol. The van der Waals surface area contributed by atoms with E-state index in [2.05, 4.69) is 11.8 Å². The third-order valence-corrected chi connectivity index (χ3v) is 3.41. The molecule has 2 unspecified atom stereocenters. The van der Waals surface area contributed by atoms with Crippen LogP contribution in [0.25, 0.3) is 0 Å². The van der Waals surface area contributed by atoms with Crippen LogP contribution in [0.3, 0.4) is 0 Å². The molecule has 0 spiro atoms. The molecule has 6 heteroatoms. The van der Waals surface area contributed by atoms with E-state index in [1.165, 1.54) is 0 Å². The lowest BCUT2D eigenvalue weighted by Crippen LogP contribution is -2.46. The number of nitrogens with zero attached hydrogens (tertiary/aromatic N) is 2. The first-order valence-corrected chi connectivity index (χ1v) is 6.36. The second-order valence-electron chi connectivity index (χ2n) is 5.07. The molecule has 0 amide bonds. The summed E-state index contributed by atoms with van der Waals surface area (Å²) in [7, 11) is 0. The zero-order chi connectivity index (χ0) is 14.0. The summed E-state index contributed by atoms with van der Waals surface area (Å²) < 4.78 is 5.57. The molecule has 104 valence electrons. The Balaban J connectivity index is 2.14. The van der Waals surface area contributed by atoms with Gasteiger partial charge in [0, 0.05) is 25.2 Å². The Bertz CT molecular complexity index is 478. The van der Waals surface area contributed by atoms with E-state index < -0.39 is 4.92 Å². The first-order chi connectivity index (χ1) is 8.97. The molecule has 0 aliphatic carbocycles. The zero-order valence-electron chi connectivity index (χ0n) is 11.2. The molecule has 1 saturated heterocycles. The number of nitro groups is 1. The van der Waals surface area contributed by atoms with Crippen molar-refractivity contribution < 1.29 is 9.66 Å². The van der Waals surface area contributed by atoms with Gasteiger partial charge in [-0.05, 0) is 25.5 Å². The Hall–Kier alpha value is -1.66. The minimum absolute atomic E-state index is 0.0218. The van der Waals surface area contributed by atoms with Gasteiger partial charge in [0.05, 0.1) is 17.6 Å². The molecule has 2 rings (SSSR count). The molecule has 1 aliphatic rings. The van der Waals surface area contributed by atoms with Crippen molar-refractivity contribution in [1.29, 1.82) is 0 Å². The molecule has 1 fully saturated rings. The third kappa shape index (κ3) is 3.21. The normalized spacial score (nSPS) is 24.3. The maximum Gasteiger partial charge on any atom is 0.292 e. The van der Waals surface area contributed by atoms with Crippen LogP contribution in [0, 0.1) is 10.1 Å². The standard InChI is InChI=1S/C13H19N3O3/c1-9-8-19-10(2)6-15(9)7-11-3-4-12(14)13(5-11)16(17)18/h3-5,9-10H,6-8,14H2,1-2H3. The molecule has 0 saturated carbocycles. The summed E-state index contributed by atoms with van der Waals surface area (Å²) in [5, 5.41) is 10.9. The van der Waals surface area contributed by atoms with Crippen LogP contribution in [0.4, 0.5) is 11.4 Å². The van der Waals surface area contributed by atoms with Gasteiger partial charge in [0.15, 0.2) is 0 Å². The summed E-state index contributed by atoms with van der Waals surface area (Å²) in [6.07, 6.45) is 0.194. The van der Waals surface area contributed by atoms with Crippen LogP contribution < -0.4 is 5.73 Å². The van der Waals surface area contributed by atoms with Gasteiger partial charge in [-0.1, -0.05) is 6.07 Å². The highest BCUT2D eigenvalue weighted by atomic mass is 16.6. The summed E-state index contributed by atoms with van der Waals surface area (Å²) >= 11 is 0. The smallest absolute Gasteiger partial charge is 0.292 e. The van der Waals surface area contributed by atoms with Crippen molar-refractivity contribution in [2.45, 2.75) is 32.5 Å². The molecule has 0 aromatic heterocycles. The maximum atomic E-state index is 10.9. The number of benzene rings is 1. The molecule has 0 radical (unpaired) electrons. The molecule has 19 heavy (non-hydrogen) atoms. The highest BCUT2D eigenvalue weighted by Crippen LogP contribution is 2.24. The van der Waals surface area contributed by atoms with Gasteiger partial charge >= 0.3 is 0 Å². The van der Waals surface area contributed by atoms with Crippen molar-refractivity contribution in [2.75, 3.05) is 18.9 Å². The number of morpholine rings is 1. The fourth-order valence-corrected chi connectivity index (χ4v) is 2.27. The molecule has 6 nitrogen and oxygen atoms in total. The molecule has 1 aliphatic heterocycles. The lowest BCUT2D eigenvalue weighted by molar-refractivity contribution is -0.384. The highest BCUT2D eigenvalue weighted by molar-refractivity contribution is 5.59. The molecule has 2 atom stereocenters. The number of anilines is 1. The van der Waals surface area contributed by atoms with Crippen LogP contribution >= 0.6 is 0 Å². The summed E-state index contributed by atoms with van der Waals surface area (Å²) in [6.45, 7) is 6.33. The van der Waals surface area contributed by atoms with Crippen molar-refractivity contribution in [1.82, 2.24) is 4.90 Å². The van der Waals surface area contributed by atoms with Crippen LogP contribution in [0.5, 0.6) is 0 Å². The molecular weight excluding hydrogens is 246 g/mol. The van der Waals surface area contributed by atoms with Gasteiger partial charge in [-0.2, -0.15) is 0 Å². The first-order valence-electron chi connectivity index (χ1n) is 6.36. The number of nitrogens with two attached hydrogens (primary N) is 1. The van der Waals surface area contributed by atoms with E-state index in [0.717, 1.165) is 12.1 Å². The fourth-order valence-electron chi connectivity index (χ4n) is 2.27. The number of nitro benzene ring substituents is 1. The largest absolute Gasteiger partial charge is 0.393 e. The Morgan fingerprint density at radius 1 is 1.53 bits per heavy atom. The third-order valence-electron chi connectivity index (χ3n) is 3.41. The van der Waals surface area contributed by atoms with Gasteiger partial charge < -0.3 is 10.5 Å². The van der Waals surface area contributed by atoms with Crippen LogP contribution in [0.15, 0.2) is 18.2 Å². The molecule has 1 aromatic rings. The zero-order valence-corrected chi connectivity index (χ0v) is 11.2. The maximum absolute atomic E-state index is 10.9. The lowest BCUT2D eigenvalue weighted by atomic mass is 10.1. The summed E-state index contributed by atoms with van der Waals surface area (Å²) in [6, 6.07) is 5.31. The predicted molar refractivity (Wildman–Crippen MR) is 72.8 cm³/mol. The van der Waals surface area contributed by atoms with E-state index in [1.54, 1.807) is 12.1 Å². The minimum Gasteiger partial charge on any atom is -0.393 e. The number of hydrogen-bond donors (Lipinski definition) is 1. The van der Waals surface area contributed by atoms with Crippen LogP contribution in [0.1, 0.15) is 19.4 Å². The minimum atomic E-state index is -0.440. The van der Waals surface area contributed by atoms with Gasteiger partial charge in [0.1, 0.15) is 5.69 Å². The van der Waals surface area contributed by atoms with Crippen molar-refractivity contribution in [3.63, 3.8) is 0 Å². The van der Waals surface area contributed by atoms with Gasteiger partial charge in [-0.25, -0.2) is 0 Å². The Morgan fingerprint density at radius 2 is 2.26 bits per heavy atom. The monoisotopic (exact) mass is 265 g/mol. The lowest BCUT2D eigenvalue weighted by Gasteiger charge is -2.36. The summed E-state index contributed by atoms with van der Waals surface area (Å²) in [4.78, 5) is 12.7. The second-order valence-corrected chi connectivity index (χ2v) is 5.07. The van der Waals surface area contributed by atoms with E-state index in [4.69, 9.17) is 10.5 Å². The second kappa shape index (κ2) is 5.54. The molecular formula is C13H19N3O3. The van der Waals surface area contributed by atoms with Gasteiger partial charge in [0.25, 0.3) is 5.69 Å². The molecule has 1 heterocycles. The van der Waals surface area contributed by atoms with Crippen LogP contribution in [-0.2, 0) is 11.3 Å². The van der Waals surface area contributed by atoms with Crippen molar-refractivity contribution in [3.8, 4) is 0 Å². The fraction of sp³-hybridized carbons (Fsp3) is 0.538. The van der Waals surface area contributed by atoms with Gasteiger partial charge in [-0.15, -0.1) is 0 Å². The molecule has 1 aromatic carbocycles. The average Bonchev–Trinajstić information content (AvgIpc) is 2.36. The first kappa shape index (κ1) is 13.8. The van der Waals surface area contributed by atoms with Gasteiger partial charge in [-0.3, -0.25) is 15.0 Å². The van der Waals surface area contributed by atoms with E-state index in [1.807, 2.05) is 13.0 Å². The summed E-state index contributed by atoms with van der Waals surface area (Å²) in [5.74, 6) is 0. The van der Waals surface area contributed by atoms with E-state index >= 15 is 0 Å². The summed E-state index contributed by atoms with van der Waals surface area (Å²) in [5.41, 5.74) is 6.69. The van der Waals surface area contributed by atoms with Crippen LogP contribution in [-0.4, -0.2) is 35.1 Å². The highest BCUT2D eigenvalue weighted by Gasteiger charge is 2.24. The molecule has 0 bridgehead atoms. The number of hydrogen-bond acceptors (Lipinski definition) is 5. The van der Waals surface area contributed by atoms with Crippen molar-refractivity contribution >= 4 is 11.4 Å². The Kier molecular flexibility index (Phi) is 4.01. The SMILES string of the molecule is CC1CN(Cc2ccc(N)c([N+](=O)[O-])c2)C(C)CO1.